The Morgan fingerprint density at radius 3 is 2.47 bits per heavy atom. The third kappa shape index (κ3) is 5.03. The predicted molar refractivity (Wildman–Crippen MR) is 117 cm³/mol. The summed E-state index contributed by atoms with van der Waals surface area (Å²) >= 11 is 0. The van der Waals surface area contributed by atoms with Gasteiger partial charge in [-0.05, 0) is 55.5 Å². The maximum atomic E-state index is 12.8. The molecular formula is C23H29N3O4. The zero-order valence-electron chi connectivity index (χ0n) is 17.8. The van der Waals surface area contributed by atoms with Crippen LogP contribution in [-0.4, -0.2) is 50.7 Å². The fourth-order valence-corrected chi connectivity index (χ4v) is 3.62. The number of nitrogens with one attached hydrogen (secondary N) is 2. The second-order valence-corrected chi connectivity index (χ2v) is 7.32. The standard InChI is InChI=1S/C23H29N3O4/c1-16-7-6-8-18(22(27)26-13-4-5-14-26)21(16)25-23(28)24-12-11-17-9-10-19(29-2)20(15-17)30-3/h6-10,15H,4-5,11-14H2,1-3H3,(H2,24,25,28). The molecule has 2 aromatic carbocycles. The summed E-state index contributed by atoms with van der Waals surface area (Å²) in [5.41, 5.74) is 2.98. The molecular weight excluding hydrogens is 382 g/mol. The van der Waals surface area contributed by atoms with Crippen LogP contribution in [-0.2, 0) is 6.42 Å². The Balaban J connectivity index is 1.60. The lowest BCUT2D eigenvalue weighted by Gasteiger charge is -2.19. The normalized spacial score (nSPS) is 13.1. The summed E-state index contributed by atoms with van der Waals surface area (Å²) in [6.45, 7) is 3.87. The second kappa shape index (κ2) is 10.0. The van der Waals surface area contributed by atoms with E-state index < -0.39 is 0 Å². The molecule has 3 amide bonds. The molecule has 1 aliphatic heterocycles. The highest BCUT2D eigenvalue weighted by atomic mass is 16.5. The van der Waals surface area contributed by atoms with Crippen LogP contribution in [0.25, 0.3) is 0 Å². The average Bonchev–Trinajstić information content (AvgIpc) is 3.29. The molecule has 1 aliphatic rings. The summed E-state index contributed by atoms with van der Waals surface area (Å²) < 4.78 is 10.6. The predicted octanol–water partition coefficient (Wildman–Crippen LogP) is 3.61. The number of carbonyl (C=O) groups is 2. The van der Waals surface area contributed by atoms with E-state index in [4.69, 9.17) is 9.47 Å². The summed E-state index contributed by atoms with van der Waals surface area (Å²) in [7, 11) is 3.19. The summed E-state index contributed by atoms with van der Waals surface area (Å²) in [5.74, 6) is 1.29. The SMILES string of the molecule is COc1ccc(CCNC(=O)Nc2c(C)cccc2C(=O)N2CCCC2)cc1OC. The van der Waals surface area contributed by atoms with Crippen LogP contribution >= 0.6 is 0 Å². The monoisotopic (exact) mass is 411 g/mol. The van der Waals surface area contributed by atoms with Crippen LogP contribution in [0.15, 0.2) is 36.4 Å². The van der Waals surface area contributed by atoms with Crippen LogP contribution < -0.4 is 20.1 Å². The number of benzene rings is 2. The lowest BCUT2D eigenvalue weighted by atomic mass is 10.1. The van der Waals surface area contributed by atoms with Gasteiger partial charge in [0.1, 0.15) is 0 Å². The molecule has 0 spiro atoms. The highest BCUT2D eigenvalue weighted by molar-refractivity contribution is 6.04. The molecule has 0 aliphatic carbocycles. The summed E-state index contributed by atoms with van der Waals surface area (Å²) in [4.78, 5) is 27.2. The molecule has 0 unspecified atom stereocenters. The first-order chi connectivity index (χ1) is 14.5. The number of urea groups is 1. The third-order valence-corrected chi connectivity index (χ3v) is 5.28. The number of aryl methyl sites for hydroxylation is 1. The van der Waals surface area contributed by atoms with E-state index in [2.05, 4.69) is 10.6 Å². The Bertz CT molecular complexity index is 907. The highest BCUT2D eigenvalue weighted by Crippen LogP contribution is 2.27. The van der Waals surface area contributed by atoms with Crippen molar-refractivity contribution in [3.63, 3.8) is 0 Å². The number of hydrogen-bond donors (Lipinski definition) is 2. The van der Waals surface area contributed by atoms with Crippen molar-refractivity contribution in [1.29, 1.82) is 0 Å². The van der Waals surface area contributed by atoms with Crippen LogP contribution in [0.1, 0.15) is 34.3 Å². The van der Waals surface area contributed by atoms with Crippen molar-refractivity contribution in [1.82, 2.24) is 10.2 Å². The molecule has 3 rings (SSSR count). The van der Waals surface area contributed by atoms with Gasteiger partial charge in [-0.1, -0.05) is 18.2 Å². The molecule has 2 N–H and O–H groups in total. The molecule has 7 nitrogen and oxygen atoms in total. The van der Waals surface area contributed by atoms with Gasteiger partial charge in [-0.2, -0.15) is 0 Å². The number of para-hydroxylation sites is 1. The van der Waals surface area contributed by atoms with Gasteiger partial charge in [-0.15, -0.1) is 0 Å². The molecule has 160 valence electrons. The van der Waals surface area contributed by atoms with Gasteiger partial charge in [-0.25, -0.2) is 4.79 Å². The molecule has 0 bridgehead atoms. The van der Waals surface area contributed by atoms with Gasteiger partial charge in [0.25, 0.3) is 5.91 Å². The highest BCUT2D eigenvalue weighted by Gasteiger charge is 2.23. The van der Waals surface area contributed by atoms with E-state index >= 15 is 0 Å². The van der Waals surface area contributed by atoms with Gasteiger partial charge in [0.05, 0.1) is 25.5 Å². The van der Waals surface area contributed by atoms with E-state index in [0.29, 0.717) is 35.7 Å². The quantitative estimate of drug-likeness (QED) is 0.729. The Kier molecular flexibility index (Phi) is 7.17. The molecule has 1 fully saturated rings. The molecule has 0 radical (unpaired) electrons. The number of likely N-dealkylation sites (tertiary alicyclic amines) is 1. The summed E-state index contributed by atoms with van der Waals surface area (Å²) in [6, 6.07) is 10.9. The van der Waals surface area contributed by atoms with Gasteiger partial charge >= 0.3 is 6.03 Å². The molecule has 0 saturated carbocycles. The number of nitrogens with zero attached hydrogens (tertiary/aromatic N) is 1. The van der Waals surface area contributed by atoms with E-state index in [-0.39, 0.29) is 11.9 Å². The Morgan fingerprint density at radius 2 is 1.77 bits per heavy atom. The van der Waals surface area contributed by atoms with Crippen LogP contribution in [0.4, 0.5) is 10.5 Å². The van der Waals surface area contributed by atoms with Crippen LogP contribution in [0, 0.1) is 6.92 Å². The third-order valence-electron chi connectivity index (χ3n) is 5.28. The number of ether oxygens (including phenoxy) is 2. The van der Waals surface area contributed by atoms with Crippen molar-refractivity contribution >= 4 is 17.6 Å². The van der Waals surface area contributed by atoms with Crippen molar-refractivity contribution in [2.24, 2.45) is 0 Å². The minimum Gasteiger partial charge on any atom is -0.493 e. The Labute approximate surface area is 177 Å². The summed E-state index contributed by atoms with van der Waals surface area (Å²) in [6.07, 6.45) is 2.69. The number of rotatable bonds is 7. The fraction of sp³-hybridized carbons (Fsp3) is 0.391. The first-order valence-corrected chi connectivity index (χ1v) is 10.2. The van der Waals surface area contributed by atoms with E-state index in [0.717, 1.165) is 37.1 Å². The zero-order valence-corrected chi connectivity index (χ0v) is 17.8. The summed E-state index contributed by atoms with van der Waals surface area (Å²) in [5, 5.41) is 5.73. The van der Waals surface area contributed by atoms with Gasteiger partial charge in [0.2, 0.25) is 0 Å². The van der Waals surface area contributed by atoms with Crippen molar-refractivity contribution in [3.8, 4) is 11.5 Å². The molecule has 7 heteroatoms. The van der Waals surface area contributed by atoms with E-state index in [1.54, 1.807) is 20.3 Å². The smallest absolute Gasteiger partial charge is 0.319 e. The molecule has 0 aromatic heterocycles. The molecule has 30 heavy (non-hydrogen) atoms. The lowest BCUT2D eigenvalue weighted by Crippen LogP contribution is -2.33. The van der Waals surface area contributed by atoms with E-state index in [9.17, 15) is 9.59 Å². The average molecular weight is 412 g/mol. The van der Waals surface area contributed by atoms with Gasteiger partial charge in [0.15, 0.2) is 11.5 Å². The zero-order chi connectivity index (χ0) is 21.5. The minimum absolute atomic E-state index is 0.0307. The number of hydrogen-bond acceptors (Lipinski definition) is 4. The van der Waals surface area contributed by atoms with Gasteiger partial charge in [0, 0.05) is 19.6 Å². The largest absolute Gasteiger partial charge is 0.493 e. The first kappa shape index (κ1) is 21.5. The maximum Gasteiger partial charge on any atom is 0.319 e. The van der Waals surface area contributed by atoms with Gasteiger partial charge < -0.3 is 25.0 Å². The fourth-order valence-electron chi connectivity index (χ4n) is 3.62. The number of carbonyl (C=O) groups excluding carboxylic acids is 2. The van der Waals surface area contributed by atoms with Crippen LogP contribution in [0.2, 0.25) is 0 Å². The number of anilines is 1. The van der Waals surface area contributed by atoms with Crippen molar-refractivity contribution in [2.75, 3.05) is 39.2 Å². The minimum atomic E-state index is -0.333. The number of amides is 3. The molecule has 1 heterocycles. The Hall–Kier alpha value is -3.22. The molecule has 2 aromatic rings. The topological polar surface area (TPSA) is 79.9 Å². The van der Waals surface area contributed by atoms with Crippen molar-refractivity contribution < 1.29 is 19.1 Å². The lowest BCUT2D eigenvalue weighted by molar-refractivity contribution is 0.0793. The Morgan fingerprint density at radius 1 is 1.03 bits per heavy atom. The van der Waals surface area contributed by atoms with Crippen LogP contribution in [0.5, 0.6) is 11.5 Å². The second-order valence-electron chi connectivity index (χ2n) is 7.32. The molecule has 0 atom stereocenters. The van der Waals surface area contributed by atoms with Crippen LogP contribution in [0.3, 0.4) is 0 Å². The van der Waals surface area contributed by atoms with Gasteiger partial charge in [-0.3, -0.25) is 4.79 Å². The van der Waals surface area contributed by atoms with Crippen molar-refractivity contribution in [3.05, 3.63) is 53.1 Å². The number of methoxy groups -OCH3 is 2. The first-order valence-electron chi connectivity index (χ1n) is 10.2. The molecule has 1 saturated heterocycles. The van der Waals surface area contributed by atoms with Crippen molar-refractivity contribution in [2.45, 2.75) is 26.2 Å². The maximum absolute atomic E-state index is 12.8. The van der Waals surface area contributed by atoms with E-state index in [1.165, 1.54) is 0 Å². The van der Waals surface area contributed by atoms with E-state index in [1.807, 2.05) is 42.2 Å².